The molecule has 1 aromatic carbocycles. The highest BCUT2D eigenvalue weighted by molar-refractivity contribution is 6.38. The van der Waals surface area contributed by atoms with Gasteiger partial charge < -0.3 is 21.7 Å². The number of hydrogen-bond donors (Lipinski definition) is 4. The van der Waals surface area contributed by atoms with Gasteiger partial charge in [-0.05, 0) is 12.1 Å². The van der Waals surface area contributed by atoms with Crippen LogP contribution < -0.4 is 11.5 Å². The van der Waals surface area contributed by atoms with E-state index in [9.17, 15) is 0 Å². The summed E-state index contributed by atoms with van der Waals surface area (Å²) in [5, 5.41) is 22.0. The van der Waals surface area contributed by atoms with Gasteiger partial charge in [-0.1, -0.05) is 29.3 Å². The fourth-order valence-corrected chi connectivity index (χ4v) is 1.28. The Balaban J connectivity index is 0.000000631. The van der Waals surface area contributed by atoms with E-state index in [-0.39, 0.29) is 5.96 Å². The molecule has 1 aromatic rings. The monoisotopic (exact) mass is 292 g/mol. The lowest BCUT2D eigenvalue weighted by molar-refractivity contribution is 0.137. The highest BCUT2D eigenvalue weighted by Crippen LogP contribution is 2.22. The third-order valence-corrected chi connectivity index (χ3v) is 2.02. The molecule has 0 aliphatic carbocycles. The van der Waals surface area contributed by atoms with Crippen molar-refractivity contribution >= 4 is 41.5 Å². The Bertz CT molecular complexity index is 449. The molecule has 1 rings (SSSR count). The predicted octanol–water partition coefficient (Wildman–Crippen LogP) is 1.82. The van der Waals surface area contributed by atoms with Gasteiger partial charge in [0.25, 0.3) is 0 Å². The Morgan fingerprint density at radius 2 is 1.67 bits per heavy atom. The second-order valence-corrected chi connectivity index (χ2v) is 3.50. The lowest BCUT2D eigenvalue weighted by Gasteiger charge is -1.98. The summed E-state index contributed by atoms with van der Waals surface area (Å²) < 4.78 is 0. The average molecular weight is 293 g/mol. The zero-order valence-corrected chi connectivity index (χ0v) is 10.4. The standard InChI is InChI=1S/C8H8Cl2N4.CH2O3/c9-6-2-1-3-7(10)5(6)4-13-14-8(11)12;2-1(3)4/h1-4H,(H4,11,12,14);(H2,2,3,4). The zero-order valence-electron chi connectivity index (χ0n) is 8.92. The number of carbonyl (C=O) groups is 1. The number of rotatable bonds is 2. The van der Waals surface area contributed by atoms with Crippen LogP contribution in [0.4, 0.5) is 4.79 Å². The van der Waals surface area contributed by atoms with Crippen molar-refractivity contribution in [1.82, 2.24) is 0 Å². The molecule has 7 nitrogen and oxygen atoms in total. The third-order valence-electron chi connectivity index (χ3n) is 1.36. The van der Waals surface area contributed by atoms with Gasteiger partial charge >= 0.3 is 6.16 Å². The maximum absolute atomic E-state index is 8.56. The molecule has 0 bridgehead atoms. The number of benzene rings is 1. The SMILES string of the molecule is NC(N)=NN=Cc1c(Cl)cccc1Cl.O=C(O)O. The topological polar surface area (TPSA) is 134 Å². The van der Waals surface area contributed by atoms with Crippen molar-refractivity contribution < 1.29 is 15.0 Å². The fraction of sp³-hybridized carbons (Fsp3) is 0. The van der Waals surface area contributed by atoms with Crippen molar-refractivity contribution in [2.45, 2.75) is 0 Å². The molecule has 0 unspecified atom stereocenters. The van der Waals surface area contributed by atoms with Gasteiger partial charge in [0.2, 0.25) is 5.96 Å². The second kappa shape index (κ2) is 8.15. The van der Waals surface area contributed by atoms with Gasteiger partial charge in [-0.25, -0.2) is 4.79 Å². The molecule has 0 aromatic heterocycles. The quantitative estimate of drug-likeness (QED) is 0.375. The minimum absolute atomic E-state index is 0.121. The first-order chi connectivity index (χ1) is 8.34. The zero-order chi connectivity index (χ0) is 14.1. The van der Waals surface area contributed by atoms with Crippen molar-refractivity contribution in [3.05, 3.63) is 33.8 Å². The van der Waals surface area contributed by atoms with E-state index in [0.717, 1.165) is 0 Å². The molecule has 0 radical (unpaired) electrons. The molecule has 0 aliphatic heterocycles. The summed E-state index contributed by atoms with van der Waals surface area (Å²) in [6.07, 6.45) is -0.440. The Kier molecular flexibility index (Phi) is 7.25. The van der Waals surface area contributed by atoms with E-state index in [1.165, 1.54) is 6.21 Å². The van der Waals surface area contributed by atoms with Crippen LogP contribution in [0.2, 0.25) is 10.0 Å². The van der Waals surface area contributed by atoms with E-state index < -0.39 is 6.16 Å². The van der Waals surface area contributed by atoms with Crippen LogP contribution in [-0.4, -0.2) is 28.5 Å². The molecule has 0 saturated carbocycles. The van der Waals surface area contributed by atoms with Crippen LogP contribution in [0.15, 0.2) is 28.4 Å². The van der Waals surface area contributed by atoms with Crippen LogP contribution in [0.3, 0.4) is 0 Å². The molecule has 0 atom stereocenters. The van der Waals surface area contributed by atoms with E-state index >= 15 is 0 Å². The van der Waals surface area contributed by atoms with Crippen molar-refractivity contribution in [3.8, 4) is 0 Å². The van der Waals surface area contributed by atoms with Crippen LogP contribution >= 0.6 is 23.2 Å². The maximum Gasteiger partial charge on any atom is 0.503 e. The molecule has 0 aliphatic rings. The molecule has 98 valence electrons. The van der Waals surface area contributed by atoms with Crippen molar-refractivity contribution in [2.75, 3.05) is 0 Å². The molecular formula is C9H10Cl2N4O3. The van der Waals surface area contributed by atoms with Crippen molar-refractivity contribution in [3.63, 3.8) is 0 Å². The Labute approximate surface area is 112 Å². The van der Waals surface area contributed by atoms with Crippen molar-refractivity contribution in [2.24, 2.45) is 21.7 Å². The molecule has 6 N–H and O–H groups in total. The minimum atomic E-state index is -1.83. The summed E-state index contributed by atoms with van der Waals surface area (Å²) in [7, 11) is 0. The smallest absolute Gasteiger partial charge is 0.450 e. The molecule has 0 fully saturated rings. The summed E-state index contributed by atoms with van der Waals surface area (Å²) in [4.78, 5) is 8.56. The molecule has 0 spiro atoms. The number of guanidine groups is 1. The summed E-state index contributed by atoms with van der Waals surface area (Å²) in [5.41, 5.74) is 10.7. The first kappa shape index (κ1) is 16.0. The number of carboxylic acid groups (broad SMARTS) is 2. The van der Waals surface area contributed by atoms with Gasteiger partial charge in [0.05, 0.1) is 16.3 Å². The number of hydrogen-bond acceptors (Lipinski definition) is 3. The fourth-order valence-electron chi connectivity index (χ4n) is 0.787. The number of nitrogens with zero attached hydrogens (tertiary/aromatic N) is 2. The first-order valence-corrected chi connectivity index (χ1v) is 5.08. The van der Waals surface area contributed by atoms with E-state index in [0.29, 0.717) is 15.6 Å². The molecule has 9 heteroatoms. The Morgan fingerprint density at radius 3 is 2.06 bits per heavy atom. The van der Waals surface area contributed by atoms with Gasteiger partial charge in [-0.3, -0.25) is 0 Å². The van der Waals surface area contributed by atoms with Crippen LogP contribution in [0.25, 0.3) is 0 Å². The lowest BCUT2D eigenvalue weighted by atomic mass is 10.2. The van der Waals surface area contributed by atoms with Gasteiger partial charge in [0, 0.05) is 5.56 Å². The number of halogens is 2. The van der Waals surface area contributed by atoms with Gasteiger partial charge in [-0.2, -0.15) is 5.10 Å². The Hall–Kier alpha value is -1.99. The van der Waals surface area contributed by atoms with E-state index in [4.69, 9.17) is 49.7 Å². The average Bonchev–Trinajstić information content (AvgIpc) is 2.21. The molecule has 0 heterocycles. The third kappa shape index (κ3) is 7.31. The van der Waals surface area contributed by atoms with Crippen LogP contribution in [0.5, 0.6) is 0 Å². The lowest BCUT2D eigenvalue weighted by Crippen LogP contribution is -2.21. The molecule has 18 heavy (non-hydrogen) atoms. The summed E-state index contributed by atoms with van der Waals surface area (Å²) in [6.45, 7) is 0. The Morgan fingerprint density at radius 1 is 1.22 bits per heavy atom. The van der Waals surface area contributed by atoms with Crippen LogP contribution in [-0.2, 0) is 0 Å². The second-order valence-electron chi connectivity index (χ2n) is 2.69. The largest absolute Gasteiger partial charge is 0.503 e. The highest BCUT2D eigenvalue weighted by atomic mass is 35.5. The van der Waals surface area contributed by atoms with Gasteiger partial charge in [-0.15, -0.1) is 5.10 Å². The van der Waals surface area contributed by atoms with E-state index in [1.807, 2.05) is 0 Å². The summed E-state index contributed by atoms with van der Waals surface area (Å²) in [6, 6.07) is 5.14. The van der Waals surface area contributed by atoms with Gasteiger partial charge in [0.1, 0.15) is 0 Å². The normalized spacial score (nSPS) is 9.44. The summed E-state index contributed by atoms with van der Waals surface area (Å²) >= 11 is 11.7. The maximum atomic E-state index is 8.56. The molecule has 0 amide bonds. The van der Waals surface area contributed by atoms with Gasteiger partial charge in [0.15, 0.2) is 0 Å². The predicted molar refractivity (Wildman–Crippen MR) is 70.5 cm³/mol. The highest BCUT2D eigenvalue weighted by Gasteiger charge is 2.01. The number of nitrogens with two attached hydrogens (primary N) is 2. The van der Waals surface area contributed by atoms with Crippen LogP contribution in [0.1, 0.15) is 5.56 Å². The van der Waals surface area contributed by atoms with E-state index in [1.54, 1.807) is 18.2 Å². The molecule has 0 saturated heterocycles. The summed E-state index contributed by atoms with van der Waals surface area (Å²) in [5.74, 6) is -0.121. The first-order valence-electron chi connectivity index (χ1n) is 4.32. The molecular weight excluding hydrogens is 283 g/mol. The minimum Gasteiger partial charge on any atom is -0.450 e. The van der Waals surface area contributed by atoms with Crippen LogP contribution in [0, 0.1) is 0 Å². The van der Waals surface area contributed by atoms with E-state index in [2.05, 4.69) is 10.2 Å². The van der Waals surface area contributed by atoms with Crippen molar-refractivity contribution in [1.29, 1.82) is 0 Å².